The number of rotatable bonds is 6. The zero-order valence-corrected chi connectivity index (χ0v) is 17.2. The lowest BCUT2D eigenvalue weighted by atomic mass is 10.1. The van der Waals surface area contributed by atoms with Crippen LogP contribution in [0.5, 0.6) is 0 Å². The van der Waals surface area contributed by atoms with Crippen molar-refractivity contribution in [2.75, 3.05) is 11.5 Å². The highest BCUT2D eigenvalue weighted by Gasteiger charge is 2.18. The molecule has 0 fully saturated rings. The zero-order chi connectivity index (χ0) is 20.5. The van der Waals surface area contributed by atoms with Gasteiger partial charge in [-0.15, -0.1) is 0 Å². The molecule has 3 heterocycles. The standard InChI is InChI=1S/C20H23ClN8/c1-3-4-5-6-15-14-9-13(21)7-8-16(14)29(27-15)20-25-18(22)17(19(23)26-20)12-10-24-28(2)11-12/h7-11H,3-6H2,1-2H3,(H4,22,23,25,26). The van der Waals surface area contributed by atoms with E-state index in [1.165, 1.54) is 0 Å². The maximum atomic E-state index is 6.24. The number of aryl methyl sites for hydroxylation is 2. The van der Waals surface area contributed by atoms with Gasteiger partial charge in [-0.25, -0.2) is 0 Å². The molecule has 0 spiro atoms. The van der Waals surface area contributed by atoms with Crippen molar-refractivity contribution in [2.24, 2.45) is 7.05 Å². The number of halogens is 1. The van der Waals surface area contributed by atoms with Crippen LogP contribution in [0.2, 0.25) is 5.02 Å². The van der Waals surface area contributed by atoms with Crippen LogP contribution in [-0.4, -0.2) is 29.5 Å². The molecule has 4 rings (SSSR count). The monoisotopic (exact) mass is 410 g/mol. The van der Waals surface area contributed by atoms with Gasteiger partial charge in [-0.1, -0.05) is 31.4 Å². The van der Waals surface area contributed by atoms with Crippen LogP contribution in [-0.2, 0) is 13.5 Å². The molecule has 0 saturated carbocycles. The fourth-order valence-electron chi connectivity index (χ4n) is 3.46. The van der Waals surface area contributed by atoms with Crippen molar-refractivity contribution < 1.29 is 0 Å². The van der Waals surface area contributed by atoms with Crippen molar-refractivity contribution in [3.05, 3.63) is 41.3 Å². The number of hydrogen-bond acceptors (Lipinski definition) is 6. The van der Waals surface area contributed by atoms with Gasteiger partial charge in [0.1, 0.15) is 11.6 Å². The Morgan fingerprint density at radius 2 is 1.86 bits per heavy atom. The number of benzene rings is 1. The molecule has 3 aromatic heterocycles. The Bertz CT molecular complexity index is 1150. The number of aromatic nitrogens is 6. The smallest absolute Gasteiger partial charge is 0.255 e. The van der Waals surface area contributed by atoms with Gasteiger partial charge in [0, 0.05) is 29.2 Å². The summed E-state index contributed by atoms with van der Waals surface area (Å²) in [7, 11) is 1.83. The van der Waals surface area contributed by atoms with E-state index < -0.39 is 0 Å². The third-order valence-electron chi connectivity index (χ3n) is 4.87. The lowest BCUT2D eigenvalue weighted by molar-refractivity contribution is 0.697. The molecule has 4 N–H and O–H groups in total. The van der Waals surface area contributed by atoms with Gasteiger partial charge < -0.3 is 11.5 Å². The third-order valence-corrected chi connectivity index (χ3v) is 5.11. The van der Waals surface area contributed by atoms with Gasteiger partial charge >= 0.3 is 0 Å². The van der Waals surface area contributed by atoms with Gasteiger partial charge in [0.25, 0.3) is 5.95 Å². The molecule has 0 saturated heterocycles. The van der Waals surface area contributed by atoms with Crippen LogP contribution in [0.4, 0.5) is 11.6 Å². The molecule has 0 atom stereocenters. The van der Waals surface area contributed by atoms with E-state index in [2.05, 4.69) is 22.0 Å². The number of nitrogen functional groups attached to an aromatic ring is 2. The molecular formula is C20H23ClN8. The first kappa shape index (κ1) is 19.2. The van der Waals surface area contributed by atoms with Crippen molar-refractivity contribution in [1.82, 2.24) is 29.5 Å². The van der Waals surface area contributed by atoms with Gasteiger partial charge in [-0.2, -0.15) is 24.8 Å². The Hall–Kier alpha value is -3.13. The molecule has 150 valence electrons. The molecule has 0 amide bonds. The lowest BCUT2D eigenvalue weighted by Crippen LogP contribution is -2.10. The second kappa shape index (κ2) is 7.71. The second-order valence-corrected chi connectivity index (χ2v) is 7.49. The third kappa shape index (κ3) is 3.63. The molecule has 0 aliphatic heterocycles. The number of hydrogen-bond donors (Lipinski definition) is 2. The lowest BCUT2D eigenvalue weighted by Gasteiger charge is -2.09. The number of fused-ring (bicyclic) bond motifs is 1. The largest absolute Gasteiger partial charge is 0.383 e. The van der Waals surface area contributed by atoms with Crippen LogP contribution in [0.25, 0.3) is 28.0 Å². The molecule has 1 aromatic carbocycles. The highest BCUT2D eigenvalue weighted by Crippen LogP contribution is 2.31. The highest BCUT2D eigenvalue weighted by molar-refractivity contribution is 6.31. The van der Waals surface area contributed by atoms with Gasteiger partial charge in [0.2, 0.25) is 0 Å². The predicted octanol–water partition coefficient (Wildman–Crippen LogP) is 3.77. The molecule has 29 heavy (non-hydrogen) atoms. The normalized spacial score (nSPS) is 11.4. The topological polar surface area (TPSA) is 113 Å². The van der Waals surface area contributed by atoms with E-state index in [1.807, 2.05) is 31.4 Å². The Morgan fingerprint density at radius 1 is 1.10 bits per heavy atom. The van der Waals surface area contributed by atoms with Crippen LogP contribution < -0.4 is 11.5 Å². The van der Waals surface area contributed by atoms with Crippen LogP contribution in [0.1, 0.15) is 31.9 Å². The molecule has 4 aromatic rings. The van der Waals surface area contributed by atoms with E-state index in [9.17, 15) is 0 Å². The molecule has 0 unspecified atom stereocenters. The molecule has 0 radical (unpaired) electrons. The van der Waals surface area contributed by atoms with Crippen molar-refractivity contribution in [1.29, 1.82) is 0 Å². The number of anilines is 2. The summed E-state index contributed by atoms with van der Waals surface area (Å²) < 4.78 is 3.36. The fraction of sp³-hybridized carbons (Fsp3) is 0.300. The summed E-state index contributed by atoms with van der Waals surface area (Å²) in [4.78, 5) is 8.98. The Labute approximate surface area is 173 Å². The van der Waals surface area contributed by atoms with E-state index in [-0.39, 0.29) is 11.6 Å². The summed E-state index contributed by atoms with van der Waals surface area (Å²) >= 11 is 6.23. The fourth-order valence-corrected chi connectivity index (χ4v) is 3.63. The molecule has 0 bridgehead atoms. The molecule has 9 heteroatoms. The van der Waals surface area contributed by atoms with Gasteiger partial charge in [-0.05, 0) is 31.0 Å². The maximum absolute atomic E-state index is 6.24. The van der Waals surface area contributed by atoms with Gasteiger partial charge in [0.15, 0.2) is 0 Å². The van der Waals surface area contributed by atoms with Crippen molar-refractivity contribution in [3.8, 4) is 17.1 Å². The highest BCUT2D eigenvalue weighted by atomic mass is 35.5. The first-order valence-electron chi connectivity index (χ1n) is 9.57. The quantitative estimate of drug-likeness (QED) is 0.468. The SMILES string of the molecule is CCCCCc1nn(-c2nc(N)c(-c3cnn(C)c3)c(N)n2)c2ccc(Cl)cc12. The van der Waals surface area contributed by atoms with Crippen molar-refractivity contribution in [3.63, 3.8) is 0 Å². The van der Waals surface area contributed by atoms with E-state index in [0.29, 0.717) is 16.5 Å². The van der Waals surface area contributed by atoms with Crippen molar-refractivity contribution in [2.45, 2.75) is 32.6 Å². The summed E-state index contributed by atoms with van der Waals surface area (Å²) in [5.74, 6) is 0.901. The van der Waals surface area contributed by atoms with E-state index in [0.717, 1.165) is 47.8 Å². The minimum atomic E-state index is 0.283. The van der Waals surface area contributed by atoms with Crippen LogP contribution >= 0.6 is 11.6 Å². The minimum absolute atomic E-state index is 0.283. The number of unbranched alkanes of at least 4 members (excludes halogenated alkanes) is 2. The predicted molar refractivity (Wildman–Crippen MR) is 116 cm³/mol. The summed E-state index contributed by atoms with van der Waals surface area (Å²) in [6.45, 7) is 2.18. The summed E-state index contributed by atoms with van der Waals surface area (Å²) in [6, 6.07) is 5.67. The van der Waals surface area contributed by atoms with E-state index in [1.54, 1.807) is 15.6 Å². The second-order valence-electron chi connectivity index (χ2n) is 7.05. The first-order chi connectivity index (χ1) is 14.0. The Balaban J connectivity index is 1.82. The zero-order valence-electron chi connectivity index (χ0n) is 16.4. The van der Waals surface area contributed by atoms with Crippen LogP contribution in [0, 0.1) is 0 Å². The minimum Gasteiger partial charge on any atom is -0.383 e. The number of nitrogens with two attached hydrogens (primary N) is 2. The summed E-state index contributed by atoms with van der Waals surface area (Å²) in [6.07, 6.45) is 7.71. The van der Waals surface area contributed by atoms with Gasteiger partial charge in [0.05, 0.1) is 23.0 Å². The molecule has 0 aliphatic carbocycles. The summed E-state index contributed by atoms with van der Waals surface area (Å²) in [5, 5.41) is 10.6. The maximum Gasteiger partial charge on any atom is 0.255 e. The van der Waals surface area contributed by atoms with Crippen molar-refractivity contribution >= 4 is 34.1 Å². The first-order valence-corrected chi connectivity index (χ1v) is 9.95. The average molecular weight is 411 g/mol. The number of nitrogens with zero attached hydrogens (tertiary/aromatic N) is 6. The van der Waals surface area contributed by atoms with E-state index in [4.69, 9.17) is 28.2 Å². The van der Waals surface area contributed by atoms with Crippen LogP contribution in [0.3, 0.4) is 0 Å². The molecular weight excluding hydrogens is 388 g/mol. The summed E-state index contributed by atoms with van der Waals surface area (Å²) in [5.41, 5.74) is 15.7. The molecule has 0 aliphatic rings. The Kier molecular flexibility index (Phi) is 5.10. The van der Waals surface area contributed by atoms with E-state index >= 15 is 0 Å². The molecule has 8 nitrogen and oxygen atoms in total. The van der Waals surface area contributed by atoms with Gasteiger partial charge in [-0.3, -0.25) is 4.68 Å². The van der Waals surface area contributed by atoms with Crippen LogP contribution in [0.15, 0.2) is 30.6 Å². The average Bonchev–Trinajstić information content (AvgIpc) is 3.25. The Morgan fingerprint density at radius 3 is 2.52 bits per heavy atom.